The van der Waals surface area contributed by atoms with Gasteiger partial charge in [-0.1, -0.05) is 11.8 Å². The number of esters is 1. The van der Waals surface area contributed by atoms with Gasteiger partial charge in [-0.15, -0.1) is 0 Å². The second kappa shape index (κ2) is 6.19. The highest BCUT2D eigenvalue weighted by Gasteiger charge is 2.07. The van der Waals surface area contributed by atoms with E-state index in [9.17, 15) is 13.6 Å². The van der Waals surface area contributed by atoms with Crippen LogP contribution >= 0.6 is 0 Å². The van der Waals surface area contributed by atoms with Crippen molar-refractivity contribution in [3.63, 3.8) is 0 Å². The maximum Gasteiger partial charge on any atom is 0.337 e. The molecule has 0 fully saturated rings. The minimum atomic E-state index is -0.689. The zero-order chi connectivity index (χ0) is 15.4. The number of rotatable bonds is 1. The molecule has 0 aromatic heterocycles. The van der Waals surface area contributed by atoms with Gasteiger partial charge >= 0.3 is 5.97 Å². The van der Waals surface area contributed by atoms with Gasteiger partial charge in [0.15, 0.2) is 0 Å². The van der Waals surface area contributed by atoms with Crippen LogP contribution in [-0.2, 0) is 4.74 Å². The van der Waals surface area contributed by atoms with E-state index in [-0.39, 0.29) is 5.56 Å². The molecule has 2 aromatic carbocycles. The second-order valence-electron chi connectivity index (χ2n) is 4.42. The van der Waals surface area contributed by atoms with Gasteiger partial charge in [-0.05, 0) is 48.9 Å². The Morgan fingerprint density at radius 2 is 1.62 bits per heavy atom. The van der Waals surface area contributed by atoms with E-state index in [0.29, 0.717) is 16.7 Å². The Bertz CT molecular complexity index is 715. The Kier molecular flexibility index (Phi) is 4.34. The zero-order valence-electron chi connectivity index (χ0n) is 11.5. The van der Waals surface area contributed by atoms with Gasteiger partial charge in [0.2, 0.25) is 0 Å². The SMILES string of the molecule is COC(=O)c1ccc(C#Cc2c(F)cc(C)cc2F)cc1. The first-order valence-electron chi connectivity index (χ1n) is 6.17. The maximum absolute atomic E-state index is 13.6. The molecule has 21 heavy (non-hydrogen) atoms. The van der Waals surface area contributed by atoms with Crippen LogP contribution in [-0.4, -0.2) is 13.1 Å². The van der Waals surface area contributed by atoms with Gasteiger partial charge in [0.25, 0.3) is 0 Å². The highest BCUT2D eigenvalue weighted by atomic mass is 19.1. The Balaban J connectivity index is 2.30. The van der Waals surface area contributed by atoms with Gasteiger partial charge in [0, 0.05) is 5.56 Å². The molecule has 0 spiro atoms. The summed E-state index contributed by atoms with van der Waals surface area (Å²) in [5.74, 6) is 3.30. The molecule has 0 aliphatic rings. The lowest BCUT2D eigenvalue weighted by Crippen LogP contribution is -2.00. The van der Waals surface area contributed by atoms with Gasteiger partial charge in [0.1, 0.15) is 11.6 Å². The van der Waals surface area contributed by atoms with Crippen LogP contribution in [0.3, 0.4) is 0 Å². The number of benzene rings is 2. The van der Waals surface area contributed by atoms with Crippen LogP contribution in [0.25, 0.3) is 0 Å². The summed E-state index contributed by atoms with van der Waals surface area (Å²) < 4.78 is 31.8. The topological polar surface area (TPSA) is 26.3 Å². The smallest absolute Gasteiger partial charge is 0.337 e. The molecule has 0 heterocycles. The molecule has 106 valence electrons. The fraction of sp³-hybridized carbons (Fsp3) is 0.118. The third kappa shape index (κ3) is 3.46. The van der Waals surface area contributed by atoms with Gasteiger partial charge in [0.05, 0.1) is 18.2 Å². The lowest BCUT2D eigenvalue weighted by Gasteiger charge is -2.00. The third-order valence-electron chi connectivity index (χ3n) is 2.82. The number of hydrogen-bond acceptors (Lipinski definition) is 2. The number of ether oxygens (including phenoxy) is 1. The van der Waals surface area contributed by atoms with Crippen molar-refractivity contribution >= 4 is 5.97 Å². The lowest BCUT2D eigenvalue weighted by molar-refractivity contribution is 0.0600. The minimum Gasteiger partial charge on any atom is -0.465 e. The van der Waals surface area contributed by atoms with Crippen LogP contribution in [0.2, 0.25) is 0 Å². The first-order chi connectivity index (χ1) is 10.0. The van der Waals surface area contributed by atoms with E-state index in [2.05, 4.69) is 16.6 Å². The molecule has 0 amide bonds. The molecule has 2 rings (SSSR count). The standard InChI is InChI=1S/C17H12F2O2/c1-11-9-15(18)14(16(19)10-11)8-5-12-3-6-13(7-4-12)17(20)21-2/h3-4,6-7,9-10H,1-2H3. The summed E-state index contributed by atoms with van der Waals surface area (Å²) in [6.07, 6.45) is 0. The molecule has 2 aromatic rings. The molecule has 0 aliphatic heterocycles. The molecule has 0 unspecified atom stereocenters. The van der Waals surface area contributed by atoms with Gasteiger partial charge < -0.3 is 4.74 Å². The monoisotopic (exact) mass is 286 g/mol. The predicted molar refractivity (Wildman–Crippen MR) is 74.9 cm³/mol. The van der Waals surface area contributed by atoms with Crippen molar-refractivity contribution in [2.75, 3.05) is 7.11 Å². The molecule has 0 saturated carbocycles. The average Bonchev–Trinajstić information content (AvgIpc) is 2.46. The Hall–Kier alpha value is -2.67. The number of hydrogen-bond donors (Lipinski definition) is 0. The van der Waals surface area contributed by atoms with Crippen molar-refractivity contribution in [3.8, 4) is 11.8 Å². The number of methoxy groups -OCH3 is 1. The van der Waals surface area contributed by atoms with Crippen LogP contribution in [0.4, 0.5) is 8.78 Å². The summed E-state index contributed by atoms with van der Waals surface area (Å²) in [5, 5.41) is 0. The molecule has 0 bridgehead atoms. The largest absolute Gasteiger partial charge is 0.465 e. The summed E-state index contributed by atoms with van der Waals surface area (Å²) in [6, 6.07) is 8.71. The van der Waals surface area contributed by atoms with Crippen LogP contribution in [0.1, 0.15) is 27.0 Å². The van der Waals surface area contributed by atoms with Gasteiger partial charge in [-0.2, -0.15) is 0 Å². The van der Waals surface area contributed by atoms with E-state index < -0.39 is 17.6 Å². The van der Waals surface area contributed by atoms with Crippen LogP contribution in [0, 0.1) is 30.4 Å². The van der Waals surface area contributed by atoms with Gasteiger partial charge in [-0.25, -0.2) is 13.6 Å². The fourth-order valence-electron chi connectivity index (χ4n) is 1.76. The lowest BCUT2D eigenvalue weighted by atomic mass is 10.1. The first kappa shape index (κ1) is 14.7. The highest BCUT2D eigenvalue weighted by molar-refractivity contribution is 5.89. The highest BCUT2D eigenvalue weighted by Crippen LogP contribution is 2.14. The van der Waals surface area contributed by atoms with Crippen LogP contribution in [0.5, 0.6) is 0 Å². The zero-order valence-corrected chi connectivity index (χ0v) is 11.5. The Morgan fingerprint density at radius 1 is 1.05 bits per heavy atom. The Labute approximate surface area is 121 Å². The molecule has 2 nitrogen and oxygen atoms in total. The number of carbonyl (C=O) groups excluding carboxylic acids is 1. The number of halogens is 2. The number of carbonyl (C=O) groups is 1. The van der Waals surface area contributed by atoms with Gasteiger partial charge in [-0.3, -0.25) is 0 Å². The summed E-state index contributed by atoms with van der Waals surface area (Å²) >= 11 is 0. The van der Waals surface area contributed by atoms with Crippen LogP contribution in [0.15, 0.2) is 36.4 Å². The van der Waals surface area contributed by atoms with Crippen molar-refractivity contribution in [1.29, 1.82) is 0 Å². The van der Waals surface area contributed by atoms with E-state index in [1.54, 1.807) is 19.1 Å². The molecule has 0 aliphatic carbocycles. The quantitative estimate of drug-likeness (QED) is 0.593. The molecule has 0 radical (unpaired) electrons. The van der Waals surface area contributed by atoms with E-state index in [1.165, 1.54) is 31.4 Å². The van der Waals surface area contributed by atoms with Crippen molar-refractivity contribution in [2.24, 2.45) is 0 Å². The summed E-state index contributed by atoms with van der Waals surface area (Å²) in [4.78, 5) is 11.3. The summed E-state index contributed by atoms with van der Waals surface area (Å²) in [5.41, 5.74) is 1.16. The second-order valence-corrected chi connectivity index (χ2v) is 4.42. The predicted octanol–water partition coefficient (Wildman–Crippen LogP) is 3.46. The minimum absolute atomic E-state index is 0.266. The van der Waals surface area contributed by atoms with E-state index in [0.717, 1.165) is 0 Å². The summed E-state index contributed by atoms with van der Waals surface area (Å²) in [7, 11) is 1.29. The maximum atomic E-state index is 13.6. The molecular weight excluding hydrogens is 274 g/mol. The molecule has 0 saturated heterocycles. The Morgan fingerprint density at radius 3 is 2.14 bits per heavy atom. The van der Waals surface area contributed by atoms with Crippen molar-refractivity contribution in [3.05, 3.63) is 70.3 Å². The van der Waals surface area contributed by atoms with E-state index in [4.69, 9.17) is 0 Å². The molecular formula is C17H12F2O2. The van der Waals surface area contributed by atoms with Crippen molar-refractivity contribution in [1.82, 2.24) is 0 Å². The molecule has 0 atom stereocenters. The number of aryl methyl sites for hydroxylation is 1. The van der Waals surface area contributed by atoms with E-state index in [1.807, 2.05) is 0 Å². The average molecular weight is 286 g/mol. The first-order valence-corrected chi connectivity index (χ1v) is 6.17. The fourth-order valence-corrected chi connectivity index (χ4v) is 1.76. The molecule has 4 heteroatoms. The van der Waals surface area contributed by atoms with Crippen molar-refractivity contribution < 1.29 is 18.3 Å². The molecule has 0 N–H and O–H groups in total. The third-order valence-corrected chi connectivity index (χ3v) is 2.82. The van der Waals surface area contributed by atoms with Crippen molar-refractivity contribution in [2.45, 2.75) is 6.92 Å². The normalized spacial score (nSPS) is 9.71. The van der Waals surface area contributed by atoms with Crippen LogP contribution < -0.4 is 0 Å². The van der Waals surface area contributed by atoms with E-state index >= 15 is 0 Å². The summed E-state index contributed by atoms with van der Waals surface area (Å²) in [6.45, 7) is 1.61.